The number of ether oxygens (including phenoxy) is 1. The van der Waals surface area contributed by atoms with Crippen molar-refractivity contribution in [3.05, 3.63) is 28.2 Å². The third-order valence-electron chi connectivity index (χ3n) is 4.43. The van der Waals surface area contributed by atoms with E-state index in [1.165, 1.54) is 25.1 Å². The molecule has 0 aliphatic carbocycles. The average molecular weight is 431 g/mol. The maximum Gasteiger partial charge on any atom is 0.414 e. The number of hydrogen-bond donors (Lipinski definition) is 2. The molecule has 1 atom stereocenters. The van der Waals surface area contributed by atoms with E-state index in [-0.39, 0.29) is 0 Å². The molecule has 0 radical (unpaired) electrons. The van der Waals surface area contributed by atoms with Crippen molar-refractivity contribution in [3.63, 3.8) is 0 Å². The van der Waals surface area contributed by atoms with Crippen molar-refractivity contribution < 1.29 is 24.5 Å². The van der Waals surface area contributed by atoms with Crippen molar-refractivity contribution in [1.29, 1.82) is 0 Å². The topological polar surface area (TPSA) is 90.3 Å². The maximum atomic E-state index is 9.10. The number of hydrogen-bond acceptors (Lipinski definition) is 5. The summed E-state index contributed by atoms with van der Waals surface area (Å²) in [5.41, 5.74) is 1.34. The summed E-state index contributed by atoms with van der Waals surface area (Å²) in [7, 11) is 1.70. The lowest BCUT2D eigenvalue weighted by Crippen LogP contribution is -2.48. The molecule has 2 N–H and O–H groups in total. The van der Waals surface area contributed by atoms with Gasteiger partial charge in [-0.3, -0.25) is 9.80 Å². The summed E-state index contributed by atoms with van der Waals surface area (Å²) in [6.45, 7) is 10.3. The number of aliphatic carboxylic acids is 2. The number of methoxy groups -OCH3 is 1. The molecule has 0 aromatic heterocycles. The average Bonchev–Trinajstić information content (AvgIpc) is 2.62. The summed E-state index contributed by atoms with van der Waals surface area (Å²) < 4.78 is 6.31. The Morgan fingerprint density at radius 1 is 1.19 bits per heavy atom. The first kappa shape index (κ1) is 22.4. The lowest BCUT2D eigenvalue weighted by Gasteiger charge is -2.37. The molecule has 1 aromatic rings. The summed E-state index contributed by atoms with van der Waals surface area (Å²) in [5.74, 6) is -2.75. The Morgan fingerprint density at radius 3 is 2.19 bits per heavy atom. The second-order valence-corrected chi connectivity index (χ2v) is 7.00. The molecular weight excluding hydrogens is 404 g/mol. The largest absolute Gasteiger partial charge is 0.496 e. The highest BCUT2D eigenvalue weighted by Crippen LogP contribution is 2.26. The second kappa shape index (κ2) is 11.2. The van der Waals surface area contributed by atoms with Crippen molar-refractivity contribution in [2.45, 2.75) is 32.9 Å². The molecule has 1 fully saturated rings. The first-order chi connectivity index (χ1) is 12.3. The first-order valence-electron chi connectivity index (χ1n) is 8.53. The molecule has 1 heterocycles. The molecule has 1 unspecified atom stereocenters. The van der Waals surface area contributed by atoms with Gasteiger partial charge in [-0.1, -0.05) is 13.0 Å². The molecule has 146 valence electrons. The number of halogens is 1. The standard InChI is InChI=1S/C16H25BrN2O.C2H2O4/c1-4-13(2)19-9-7-18(8-10-19)12-14-5-6-16(20-3)15(17)11-14;3-1(4)2(5)6/h5-6,11,13H,4,7-10,12H2,1-3H3;(H,3,4)(H,5,6). The number of carbonyl (C=O) groups is 2. The van der Waals surface area contributed by atoms with Gasteiger partial charge in [-0.05, 0) is 47.0 Å². The van der Waals surface area contributed by atoms with Crippen LogP contribution in [-0.4, -0.2) is 71.3 Å². The number of rotatable bonds is 5. The van der Waals surface area contributed by atoms with Crippen molar-refractivity contribution >= 4 is 27.9 Å². The van der Waals surface area contributed by atoms with Gasteiger partial charge in [0.1, 0.15) is 5.75 Å². The molecule has 0 spiro atoms. The zero-order chi connectivity index (χ0) is 19.7. The second-order valence-electron chi connectivity index (χ2n) is 6.15. The van der Waals surface area contributed by atoms with Gasteiger partial charge in [0.05, 0.1) is 11.6 Å². The van der Waals surface area contributed by atoms with E-state index >= 15 is 0 Å². The van der Waals surface area contributed by atoms with Crippen molar-refractivity contribution in [1.82, 2.24) is 9.80 Å². The van der Waals surface area contributed by atoms with Crippen LogP contribution in [0.3, 0.4) is 0 Å². The van der Waals surface area contributed by atoms with E-state index in [0.29, 0.717) is 6.04 Å². The van der Waals surface area contributed by atoms with E-state index in [2.05, 4.69) is 51.7 Å². The molecule has 8 heteroatoms. The van der Waals surface area contributed by atoms with E-state index in [4.69, 9.17) is 24.5 Å². The SMILES string of the molecule is CCC(C)N1CCN(Cc2ccc(OC)c(Br)c2)CC1.O=C(O)C(=O)O. The molecule has 1 aliphatic heterocycles. The van der Waals surface area contributed by atoms with Crippen LogP contribution in [0.5, 0.6) is 5.75 Å². The Kier molecular flexibility index (Phi) is 9.61. The van der Waals surface area contributed by atoms with Gasteiger partial charge in [-0.25, -0.2) is 9.59 Å². The van der Waals surface area contributed by atoms with Crippen molar-refractivity contribution in [2.24, 2.45) is 0 Å². The zero-order valence-corrected chi connectivity index (χ0v) is 17.0. The van der Waals surface area contributed by atoms with Crippen LogP contribution in [0.4, 0.5) is 0 Å². The van der Waals surface area contributed by atoms with Crippen LogP contribution in [-0.2, 0) is 16.1 Å². The fourth-order valence-corrected chi connectivity index (χ4v) is 3.27. The number of carboxylic acids is 2. The number of benzene rings is 1. The highest BCUT2D eigenvalue weighted by Gasteiger charge is 2.20. The summed E-state index contributed by atoms with van der Waals surface area (Å²) >= 11 is 3.56. The van der Waals surface area contributed by atoms with Crippen LogP contribution in [0.2, 0.25) is 0 Å². The third-order valence-corrected chi connectivity index (χ3v) is 5.05. The minimum atomic E-state index is -1.82. The molecule has 0 saturated carbocycles. The van der Waals surface area contributed by atoms with Crippen LogP contribution in [0.25, 0.3) is 0 Å². The number of nitrogens with zero attached hydrogens (tertiary/aromatic N) is 2. The molecule has 26 heavy (non-hydrogen) atoms. The maximum absolute atomic E-state index is 9.10. The Bertz CT molecular complexity index is 591. The van der Waals surface area contributed by atoms with Gasteiger partial charge in [0, 0.05) is 38.8 Å². The van der Waals surface area contributed by atoms with Crippen LogP contribution in [0.1, 0.15) is 25.8 Å². The van der Waals surface area contributed by atoms with E-state index in [0.717, 1.165) is 29.9 Å². The number of piperazine rings is 1. The summed E-state index contributed by atoms with van der Waals surface area (Å²) in [6.07, 6.45) is 1.24. The van der Waals surface area contributed by atoms with Gasteiger partial charge < -0.3 is 14.9 Å². The van der Waals surface area contributed by atoms with Gasteiger partial charge in [0.2, 0.25) is 0 Å². The Labute approximate surface area is 162 Å². The Balaban J connectivity index is 0.000000487. The Morgan fingerprint density at radius 2 is 1.77 bits per heavy atom. The fraction of sp³-hybridized carbons (Fsp3) is 0.556. The molecule has 7 nitrogen and oxygen atoms in total. The smallest absolute Gasteiger partial charge is 0.414 e. The quantitative estimate of drug-likeness (QED) is 0.693. The lowest BCUT2D eigenvalue weighted by molar-refractivity contribution is -0.159. The molecule has 0 bridgehead atoms. The summed E-state index contributed by atoms with van der Waals surface area (Å²) in [5, 5.41) is 14.8. The minimum Gasteiger partial charge on any atom is -0.496 e. The normalized spacial score (nSPS) is 16.3. The zero-order valence-electron chi connectivity index (χ0n) is 15.4. The molecule has 1 aromatic carbocycles. The predicted octanol–water partition coefficient (Wildman–Crippen LogP) is 2.53. The van der Waals surface area contributed by atoms with Crippen LogP contribution >= 0.6 is 15.9 Å². The minimum absolute atomic E-state index is 0.715. The van der Waals surface area contributed by atoms with Crippen LogP contribution in [0, 0.1) is 0 Å². The predicted molar refractivity (Wildman–Crippen MR) is 103 cm³/mol. The lowest BCUT2D eigenvalue weighted by atomic mass is 10.1. The van der Waals surface area contributed by atoms with Crippen molar-refractivity contribution in [3.8, 4) is 5.75 Å². The first-order valence-corrected chi connectivity index (χ1v) is 9.32. The fourth-order valence-electron chi connectivity index (χ4n) is 2.69. The van der Waals surface area contributed by atoms with Crippen LogP contribution < -0.4 is 4.74 Å². The summed E-state index contributed by atoms with van der Waals surface area (Å²) in [6, 6.07) is 7.08. The molecular formula is C18H27BrN2O5. The highest BCUT2D eigenvalue weighted by atomic mass is 79.9. The van der Waals surface area contributed by atoms with E-state index in [9.17, 15) is 0 Å². The van der Waals surface area contributed by atoms with Gasteiger partial charge >= 0.3 is 11.9 Å². The van der Waals surface area contributed by atoms with Gasteiger partial charge in [-0.15, -0.1) is 0 Å². The highest BCUT2D eigenvalue weighted by molar-refractivity contribution is 9.10. The van der Waals surface area contributed by atoms with E-state index in [1.807, 2.05) is 6.07 Å². The van der Waals surface area contributed by atoms with Gasteiger partial charge in [0.25, 0.3) is 0 Å². The molecule has 1 saturated heterocycles. The van der Waals surface area contributed by atoms with E-state index in [1.54, 1.807) is 7.11 Å². The monoisotopic (exact) mass is 430 g/mol. The number of carboxylic acid groups (broad SMARTS) is 2. The Hall–Kier alpha value is -1.64. The molecule has 1 aliphatic rings. The third kappa shape index (κ3) is 7.31. The van der Waals surface area contributed by atoms with Crippen LogP contribution in [0.15, 0.2) is 22.7 Å². The van der Waals surface area contributed by atoms with Gasteiger partial charge in [-0.2, -0.15) is 0 Å². The van der Waals surface area contributed by atoms with Crippen molar-refractivity contribution in [2.75, 3.05) is 33.3 Å². The van der Waals surface area contributed by atoms with Gasteiger partial charge in [0.15, 0.2) is 0 Å². The van der Waals surface area contributed by atoms with E-state index < -0.39 is 11.9 Å². The summed E-state index contributed by atoms with van der Waals surface area (Å²) in [4.78, 5) is 23.3. The molecule has 0 amide bonds. The molecule has 2 rings (SSSR count).